The fourth-order valence-corrected chi connectivity index (χ4v) is 5.46. The van der Waals surface area contributed by atoms with Gasteiger partial charge in [0.1, 0.15) is 11.8 Å². The summed E-state index contributed by atoms with van der Waals surface area (Å²) in [6.07, 6.45) is 1.89. The van der Waals surface area contributed by atoms with E-state index in [2.05, 4.69) is 6.07 Å². The van der Waals surface area contributed by atoms with E-state index < -0.39 is 22.0 Å². The molecule has 6 nitrogen and oxygen atoms in total. The highest BCUT2D eigenvalue weighted by Gasteiger charge is 2.38. The van der Waals surface area contributed by atoms with E-state index in [0.717, 1.165) is 17.5 Å². The van der Waals surface area contributed by atoms with E-state index in [0.29, 0.717) is 24.2 Å². The van der Waals surface area contributed by atoms with Gasteiger partial charge in [0, 0.05) is 6.54 Å². The first-order valence-corrected chi connectivity index (χ1v) is 11.8. The largest absolute Gasteiger partial charge is 0.425 e. The summed E-state index contributed by atoms with van der Waals surface area (Å²) in [4.78, 5) is 13.1. The molecule has 0 aromatic heterocycles. The van der Waals surface area contributed by atoms with Gasteiger partial charge in [0.05, 0.1) is 16.5 Å². The van der Waals surface area contributed by atoms with Crippen molar-refractivity contribution in [1.82, 2.24) is 4.31 Å². The molecule has 0 aliphatic carbocycles. The molecule has 1 aliphatic rings. The number of rotatable bonds is 5. The summed E-state index contributed by atoms with van der Waals surface area (Å²) in [5.41, 5.74) is 2.44. The second-order valence-corrected chi connectivity index (χ2v) is 9.47. The molecule has 4 rings (SSSR count). The first-order valence-electron chi connectivity index (χ1n) is 10.4. The molecule has 0 saturated carbocycles. The molecule has 32 heavy (non-hydrogen) atoms. The van der Waals surface area contributed by atoms with E-state index in [9.17, 15) is 13.2 Å². The number of hydrogen-bond acceptors (Lipinski definition) is 5. The van der Waals surface area contributed by atoms with Crippen molar-refractivity contribution in [3.8, 4) is 22.9 Å². The Morgan fingerprint density at radius 1 is 0.906 bits per heavy atom. The van der Waals surface area contributed by atoms with Crippen molar-refractivity contribution < 1.29 is 17.9 Å². The molecule has 0 unspecified atom stereocenters. The Bertz CT molecular complexity index is 1230. The smallest absolute Gasteiger partial charge is 0.329 e. The summed E-state index contributed by atoms with van der Waals surface area (Å²) < 4.78 is 33.0. The molecule has 0 amide bonds. The van der Waals surface area contributed by atoms with E-state index in [4.69, 9.17) is 10.00 Å². The summed E-state index contributed by atoms with van der Waals surface area (Å²) in [6.45, 7) is 0.286. The summed E-state index contributed by atoms with van der Waals surface area (Å²) in [6, 6.07) is 23.6. The van der Waals surface area contributed by atoms with E-state index >= 15 is 0 Å². The normalized spacial score (nSPS) is 16.8. The van der Waals surface area contributed by atoms with Crippen molar-refractivity contribution in [1.29, 1.82) is 5.26 Å². The predicted octanol–water partition coefficient (Wildman–Crippen LogP) is 4.37. The van der Waals surface area contributed by atoms with Gasteiger partial charge >= 0.3 is 5.97 Å². The van der Waals surface area contributed by atoms with Crippen molar-refractivity contribution in [2.75, 3.05) is 6.54 Å². The van der Waals surface area contributed by atoms with Crippen LogP contribution in [0.5, 0.6) is 5.75 Å². The van der Waals surface area contributed by atoms with Crippen molar-refractivity contribution in [2.24, 2.45) is 0 Å². The summed E-state index contributed by atoms with van der Waals surface area (Å²) >= 11 is 0. The van der Waals surface area contributed by atoms with Crippen LogP contribution >= 0.6 is 0 Å². The van der Waals surface area contributed by atoms with Gasteiger partial charge in [-0.25, -0.2) is 13.2 Å². The molecule has 0 spiro atoms. The number of piperidine rings is 1. The zero-order valence-electron chi connectivity index (χ0n) is 17.3. The lowest BCUT2D eigenvalue weighted by atomic mass is 10.0. The zero-order valence-corrected chi connectivity index (χ0v) is 18.2. The van der Waals surface area contributed by atoms with Crippen LogP contribution < -0.4 is 4.74 Å². The highest BCUT2D eigenvalue weighted by atomic mass is 32.2. The second kappa shape index (κ2) is 9.35. The third kappa shape index (κ3) is 4.57. The third-order valence-corrected chi connectivity index (χ3v) is 7.42. The Morgan fingerprint density at radius 2 is 1.53 bits per heavy atom. The maximum Gasteiger partial charge on any atom is 0.329 e. The van der Waals surface area contributed by atoms with Gasteiger partial charge in [0.25, 0.3) is 0 Å². The highest BCUT2D eigenvalue weighted by Crippen LogP contribution is 2.28. The fraction of sp³-hybridized carbons (Fsp3) is 0.200. The molecule has 1 fully saturated rings. The van der Waals surface area contributed by atoms with E-state index in [-0.39, 0.29) is 11.4 Å². The molecule has 7 heteroatoms. The van der Waals surface area contributed by atoms with Gasteiger partial charge in [0.2, 0.25) is 10.0 Å². The van der Waals surface area contributed by atoms with Crippen molar-refractivity contribution in [2.45, 2.75) is 30.2 Å². The van der Waals surface area contributed by atoms with Crippen LogP contribution in [0.2, 0.25) is 0 Å². The Labute approximate surface area is 187 Å². The number of esters is 1. The minimum atomic E-state index is -3.79. The first kappa shape index (κ1) is 21.8. The van der Waals surface area contributed by atoms with Crippen LogP contribution in [0.1, 0.15) is 24.8 Å². The third-order valence-electron chi connectivity index (χ3n) is 5.50. The van der Waals surface area contributed by atoms with Crippen LogP contribution in [0.15, 0.2) is 83.8 Å². The fourth-order valence-electron chi connectivity index (χ4n) is 3.79. The van der Waals surface area contributed by atoms with Crippen LogP contribution in [0, 0.1) is 11.3 Å². The van der Waals surface area contributed by atoms with Crippen LogP contribution in [0.3, 0.4) is 0 Å². The Kier molecular flexibility index (Phi) is 6.35. The number of sulfonamides is 1. The molecular formula is C25H22N2O4S. The molecule has 1 atom stereocenters. The van der Waals surface area contributed by atoms with Gasteiger partial charge in [-0.05, 0) is 66.8 Å². The molecular weight excluding hydrogens is 424 g/mol. The molecule has 1 aliphatic heterocycles. The SMILES string of the molecule is N#Cc1ccc(-c2ccc(OC(=O)[C@H]3CCCCN3S(=O)(=O)c3ccccc3)cc2)cc1. The monoisotopic (exact) mass is 446 g/mol. The summed E-state index contributed by atoms with van der Waals surface area (Å²) in [5, 5.41) is 8.92. The van der Waals surface area contributed by atoms with Crippen LogP contribution in [-0.2, 0) is 14.8 Å². The van der Waals surface area contributed by atoms with E-state index in [1.807, 2.05) is 24.3 Å². The lowest BCUT2D eigenvalue weighted by Crippen LogP contribution is -2.49. The van der Waals surface area contributed by atoms with Crippen molar-refractivity contribution >= 4 is 16.0 Å². The second-order valence-electron chi connectivity index (χ2n) is 7.58. The first-order chi connectivity index (χ1) is 15.5. The quantitative estimate of drug-likeness (QED) is 0.429. The molecule has 3 aromatic carbocycles. The van der Waals surface area contributed by atoms with Gasteiger partial charge in [0.15, 0.2) is 0 Å². The molecule has 1 saturated heterocycles. The number of carbonyl (C=O) groups excluding carboxylic acids is 1. The Hall–Kier alpha value is -3.47. The average molecular weight is 447 g/mol. The Morgan fingerprint density at radius 3 is 2.16 bits per heavy atom. The lowest BCUT2D eigenvalue weighted by Gasteiger charge is -2.32. The number of nitrogens with zero attached hydrogens (tertiary/aromatic N) is 2. The summed E-state index contributed by atoms with van der Waals surface area (Å²) in [5.74, 6) is -0.217. The topological polar surface area (TPSA) is 87.5 Å². The van der Waals surface area contributed by atoms with Crippen molar-refractivity contribution in [3.05, 3.63) is 84.4 Å². The molecule has 0 radical (unpaired) electrons. The lowest BCUT2D eigenvalue weighted by molar-refractivity contribution is -0.139. The molecule has 162 valence electrons. The van der Waals surface area contributed by atoms with Gasteiger partial charge < -0.3 is 4.74 Å². The maximum atomic E-state index is 13.1. The van der Waals surface area contributed by atoms with Crippen LogP contribution in [0.25, 0.3) is 11.1 Å². The van der Waals surface area contributed by atoms with Crippen molar-refractivity contribution in [3.63, 3.8) is 0 Å². The number of nitriles is 1. The Balaban J connectivity index is 1.50. The average Bonchev–Trinajstić information content (AvgIpc) is 2.85. The van der Waals surface area contributed by atoms with Gasteiger partial charge in [-0.2, -0.15) is 9.57 Å². The summed E-state index contributed by atoms with van der Waals surface area (Å²) in [7, 11) is -3.79. The number of benzene rings is 3. The molecule has 0 bridgehead atoms. The van der Waals surface area contributed by atoms with Gasteiger partial charge in [-0.3, -0.25) is 0 Å². The van der Waals surface area contributed by atoms with Gasteiger partial charge in [-0.1, -0.05) is 42.5 Å². The molecule has 0 N–H and O–H groups in total. The van der Waals surface area contributed by atoms with E-state index in [1.54, 1.807) is 42.5 Å². The predicted molar refractivity (Wildman–Crippen MR) is 120 cm³/mol. The molecule has 1 heterocycles. The van der Waals surface area contributed by atoms with Gasteiger partial charge in [-0.15, -0.1) is 0 Å². The minimum Gasteiger partial charge on any atom is -0.425 e. The number of carbonyl (C=O) groups is 1. The van der Waals surface area contributed by atoms with Crippen LogP contribution in [0.4, 0.5) is 0 Å². The standard InChI is InChI=1S/C25H22N2O4S/c26-18-19-9-11-20(12-10-19)21-13-15-22(16-14-21)31-25(28)24-8-4-5-17-27(24)32(29,30)23-6-2-1-3-7-23/h1-3,6-7,9-16,24H,4-5,8,17H2/t24-/m1/s1. The minimum absolute atomic E-state index is 0.173. The van der Waals surface area contributed by atoms with E-state index in [1.165, 1.54) is 16.4 Å². The zero-order chi connectivity index (χ0) is 22.6. The molecule has 3 aromatic rings. The van der Waals surface area contributed by atoms with Crippen LogP contribution in [-0.4, -0.2) is 31.3 Å². The number of ether oxygens (including phenoxy) is 1. The maximum absolute atomic E-state index is 13.1. The highest BCUT2D eigenvalue weighted by molar-refractivity contribution is 7.89. The number of hydrogen-bond donors (Lipinski definition) is 0.